The second kappa shape index (κ2) is 7.09. The lowest BCUT2D eigenvalue weighted by Crippen LogP contribution is -2.25. The first-order valence-electron chi connectivity index (χ1n) is 9.34. The largest absolute Gasteiger partial charge is 0.380 e. The summed E-state index contributed by atoms with van der Waals surface area (Å²) in [5.74, 6) is 0.725. The van der Waals surface area contributed by atoms with Crippen molar-refractivity contribution in [3.05, 3.63) is 58.3 Å². The van der Waals surface area contributed by atoms with Crippen LogP contribution in [-0.4, -0.2) is 36.2 Å². The highest BCUT2D eigenvalue weighted by Crippen LogP contribution is 2.27. The first-order chi connectivity index (χ1) is 13.5. The monoisotopic (exact) mass is 377 g/mol. The molecule has 8 heteroatoms. The fourth-order valence-corrected chi connectivity index (χ4v) is 3.79. The van der Waals surface area contributed by atoms with Crippen molar-refractivity contribution < 1.29 is 5.11 Å². The number of nitriles is 1. The molecule has 0 saturated carbocycles. The van der Waals surface area contributed by atoms with Crippen LogP contribution in [0.25, 0.3) is 0 Å². The van der Waals surface area contributed by atoms with Gasteiger partial charge in [0.15, 0.2) is 0 Å². The van der Waals surface area contributed by atoms with Gasteiger partial charge in [-0.05, 0) is 44.0 Å². The maximum Gasteiger partial charge on any atom is 0.147 e. The van der Waals surface area contributed by atoms with Crippen LogP contribution in [0.4, 0.5) is 5.82 Å². The smallest absolute Gasteiger partial charge is 0.147 e. The molecule has 0 fully saturated rings. The van der Waals surface area contributed by atoms with Crippen molar-refractivity contribution in [1.29, 1.82) is 5.26 Å². The van der Waals surface area contributed by atoms with Gasteiger partial charge in [-0.15, -0.1) is 0 Å². The van der Waals surface area contributed by atoms with Crippen LogP contribution in [0.1, 0.15) is 46.4 Å². The lowest BCUT2D eigenvalue weighted by Gasteiger charge is -2.23. The first kappa shape index (κ1) is 18.2. The van der Waals surface area contributed by atoms with E-state index in [-0.39, 0.29) is 0 Å². The third-order valence-corrected chi connectivity index (χ3v) is 5.19. The van der Waals surface area contributed by atoms with E-state index in [1.54, 1.807) is 24.0 Å². The highest BCUT2D eigenvalue weighted by Gasteiger charge is 2.24. The number of aliphatic hydroxyl groups is 1. The van der Waals surface area contributed by atoms with Gasteiger partial charge in [-0.1, -0.05) is 0 Å². The molecular formula is C20H23N7O. The average molecular weight is 377 g/mol. The number of rotatable bonds is 3. The van der Waals surface area contributed by atoms with Crippen molar-refractivity contribution in [3.63, 3.8) is 0 Å². The van der Waals surface area contributed by atoms with Gasteiger partial charge in [-0.3, -0.25) is 9.36 Å². The van der Waals surface area contributed by atoms with E-state index < -0.39 is 6.10 Å². The van der Waals surface area contributed by atoms with Crippen LogP contribution in [0.5, 0.6) is 0 Å². The molecule has 1 aliphatic rings. The molecule has 1 N–H and O–H groups in total. The van der Waals surface area contributed by atoms with Crippen LogP contribution in [0.2, 0.25) is 0 Å². The minimum Gasteiger partial charge on any atom is -0.380 e. The van der Waals surface area contributed by atoms with Gasteiger partial charge in [-0.25, -0.2) is 4.98 Å². The highest BCUT2D eigenvalue weighted by atomic mass is 16.3. The average Bonchev–Trinajstić information content (AvgIpc) is 3.21. The van der Waals surface area contributed by atoms with Crippen LogP contribution in [0.3, 0.4) is 0 Å². The minimum absolute atomic E-state index is 0.593. The molecule has 28 heavy (non-hydrogen) atoms. The lowest BCUT2D eigenvalue weighted by atomic mass is 10.1. The van der Waals surface area contributed by atoms with E-state index in [9.17, 15) is 10.4 Å². The number of aryl methyl sites for hydroxylation is 4. The van der Waals surface area contributed by atoms with E-state index in [1.165, 1.54) is 0 Å². The second-order valence-electron chi connectivity index (χ2n) is 7.23. The normalized spacial score (nSPS) is 15.0. The summed E-state index contributed by atoms with van der Waals surface area (Å²) in [6, 6.07) is 7.97. The third kappa shape index (κ3) is 3.14. The SMILES string of the molecule is Cc1cc(C)c(C#N)c(N2CCCn3nc([C@@H](O)c4ccnn4C)cc3C2)n1. The fraction of sp³-hybridized carbons (Fsp3) is 0.400. The zero-order valence-electron chi connectivity index (χ0n) is 16.3. The zero-order chi connectivity index (χ0) is 19.8. The molecular weight excluding hydrogens is 354 g/mol. The Kier molecular flexibility index (Phi) is 4.61. The molecule has 8 nitrogen and oxygen atoms in total. The van der Waals surface area contributed by atoms with Gasteiger partial charge in [0.2, 0.25) is 0 Å². The Morgan fingerprint density at radius 3 is 2.79 bits per heavy atom. The number of aliphatic hydroxyl groups excluding tert-OH is 1. The number of pyridine rings is 1. The van der Waals surface area contributed by atoms with Crippen LogP contribution in [0, 0.1) is 25.2 Å². The Balaban J connectivity index is 1.68. The Morgan fingerprint density at radius 1 is 1.25 bits per heavy atom. The number of anilines is 1. The second-order valence-corrected chi connectivity index (χ2v) is 7.23. The summed E-state index contributed by atoms with van der Waals surface area (Å²) in [5, 5.41) is 29.1. The predicted molar refractivity (Wildman–Crippen MR) is 104 cm³/mol. The van der Waals surface area contributed by atoms with Crippen LogP contribution in [-0.2, 0) is 20.1 Å². The Hall–Kier alpha value is -3.18. The molecule has 3 aromatic heterocycles. The molecule has 4 heterocycles. The van der Waals surface area contributed by atoms with Gasteiger partial charge < -0.3 is 10.0 Å². The molecule has 1 atom stereocenters. The van der Waals surface area contributed by atoms with E-state index in [2.05, 4.69) is 26.2 Å². The third-order valence-electron chi connectivity index (χ3n) is 5.19. The number of aromatic nitrogens is 5. The first-order valence-corrected chi connectivity index (χ1v) is 9.34. The predicted octanol–water partition coefficient (Wildman–Crippen LogP) is 1.99. The lowest BCUT2D eigenvalue weighted by molar-refractivity contribution is 0.203. The van der Waals surface area contributed by atoms with Gasteiger partial charge in [0.05, 0.1) is 29.2 Å². The van der Waals surface area contributed by atoms with E-state index >= 15 is 0 Å². The number of hydrogen-bond donors (Lipinski definition) is 1. The summed E-state index contributed by atoms with van der Waals surface area (Å²) >= 11 is 0. The van der Waals surface area contributed by atoms with Crippen LogP contribution >= 0.6 is 0 Å². The minimum atomic E-state index is -0.825. The summed E-state index contributed by atoms with van der Waals surface area (Å²) < 4.78 is 3.60. The van der Waals surface area contributed by atoms with Crippen molar-refractivity contribution >= 4 is 5.82 Å². The molecule has 0 aliphatic carbocycles. The van der Waals surface area contributed by atoms with Crippen molar-refractivity contribution in [1.82, 2.24) is 24.5 Å². The molecule has 0 spiro atoms. The highest BCUT2D eigenvalue weighted by molar-refractivity contribution is 5.58. The van der Waals surface area contributed by atoms with Crippen molar-refractivity contribution in [2.45, 2.75) is 39.5 Å². The molecule has 0 unspecified atom stereocenters. The molecule has 0 bridgehead atoms. The molecule has 4 rings (SSSR count). The van der Waals surface area contributed by atoms with Gasteiger partial charge in [0.25, 0.3) is 0 Å². The van der Waals surface area contributed by atoms with Crippen LogP contribution < -0.4 is 4.90 Å². The summed E-state index contributed by atoms with van der Waals surface area (Å²) in [4.78, 5) is 6.79. The summed E-state index contributed by atoms with van der Waals surface area (Å²) in [7, 11) is 1.80. The molecule has 144 valence electrons. The Morgan fingerprint density at radius 2 is 2.07 bits per heavy atom. The Labute approximate surface area is 163 Å². The molecule has 3 aromatic rings. The van der Waals surface area contributed by atoms with E-state index in [1.807, 2.05) is 30.7 Å². The van der Waals surface area contributed by atoms with Crippen molar-refractivity contribution in [3.8, 4) is 6.07 Å². The van der Waals surface area contributed by atoms with E-state index in [4.69, 9.17) is 0 Å². The summed E-state index contributed by atoms with van der Waals surface area (Å²) in [6.45, 7) is 6.04. The standard InChI is InChI=1S/C20H23N7O/c1-13-9-14(2)23-20(16(13)11-21)26-7-4-8-27-15(12-26)10-17(24-27)19(28)18-5-6-22-25(18)3/h5-6,9-10,19,28H,4,7-8,12H2,1-3H3/t19-/m1/s1. The fourth-order valence-electron chi connectivity index (χ4n) is 3.79. The van der Waals surface area contributed by atoms with E-state index in [0.29, 0.717) is 23.5 Å². The van der Waals surface area contributed by atoms with Gasteiger partial charge >= 0.3 is 0 Å². The summed E-state index contributed by atoms with van der Waals surface area (Å²) in [6.07, 6.45) is 1.72. The number of nitrogens with zero attached hydrogens (tertiary/aromatic N) is 7. The topological polar surface area (TPSA) is 95.8 Å². The molecule has 0 amide bonds. The van der Waals surface area contributed by atoms with Gasteiger partial charge in [0.1, 0.15) is 18.0 Å². The van der Waals surface area contributed by atoms with Crippen molar-refractivity contribution in [2.75, 3.05) is 11.4 Å². The quantitative estimate of drug-likeness (QED) is 0.750. The zero-order valence-corrected chi connectivity index (χ0v) is 16.3. The Bertz CT molecular complexity index is 1060. The molecule has 1 aliphatic heterocycles. The molecule has 0 radical (unpaired) electrons. The molecule has 0 saturated heterocycles. The molecule has 0 aromatic carbocycles. The number of fused-ring (bicyclic) bond motifs is 1. The maximum absolute atomic E-state index is 10.7. The van der Waals surface area contributed by atoms with E-state index in [0.717, 1.165) is 42.3 Å². The number of hydrogen-bond acceptors (Lipinski definition) is 6. The van der Waals surface area contributed by atoms with Crippen LogP contribution in [0.15, 0.2) is 24.4 Å². The van der Waals surface area contributed by atoms with Gasteiger partial charge in [-0.2, -0.15) is 15.5 Å². The van der Waals surface area contributed by atoms with Gasteiger partial charge in [0, 0.05) is 32.0 Å². The van der Waals surface area contributed by atoms with Crippen molar-refractivity contribution in [2.24, 2.45) is 7.05 Å². The maximum atomic E-state index is 10.7. The summed E-state index contributed by atoms with van der Waals surface area (Å²) in [5.41, 5.74) is 4.76.